The van der Waals surface area contributed by atoms with E-state index < -0.39 is 0 Å². The molecule has 20 heavy (non-hydrogen) atoms. The maximum Gasteiger partial charge on any atom is 0.331 e. The van der Waals surface area contributed by atoms with Crippen LogP contribution in [0.5, 0.6) is 5.75 Å². The lowest BCUT2D eigenvalue weighted by Gasteiger charge is -2.46. The second kappa shape index (κ2) is 5.13. The second-order valence-electron chi connectivity index (χ2n) is 5.38. The van der Waals surface area contributed by atoms with Gasteiger partial charge in [-0.05, 0) is 50.0 Å². The summed E-state index contributed by atoms with van der Waals surface area (Å²) in [6, 6.07) is 5.56. The Morgan fingerprint density at radius 3 is 2.95 bits per heavy atom. The monoisotopic (exact) mass is 292 g/mol. The molecule has 1 fully saturated rings. The number of rotatable bonds is 2. The lowest BCUT2D eigenvalue weighted by molar-refractivity contribution is -0.137. The van der Waals surface area contributed by atoms with Crippen LogP contribution in [0.3, 0.4) is 0 Å². The summed E-state index contributed by atoms with van der Waals surface area (Å²) in [5.74, 6) is 0.515. The highest BCUT2D eigenvalue weighted by molar-refractivity contribution is 6.30. The molecule has 3 rings (SSSR count). The fourth-order valence-electron chi connectivity index (χ4n) is 2.86. The Kier molecular flexibility index (Phi) is 3.47. The van der Waals surface area contributed by atoms with E-state index in [1.807, 2.05) is 18.2 Å². The SMILES string of the molecule is CCOC(=O)/C=C1\CC2(CCC2)Oc2ccc(Cl)cc21. The molecule has 0 bridgehead atoms. The van der Waals surface area contributed by atoms with Gasteiger partial charge in [-0.2, -0.15) is 0 Å². The largest absolute Gasteiger partial charge is 0.486 e. The second-order valence-corrected chi connectivity index (χ2v) is 5.81. The third-order valence-electron chi connectivity index (χ3n) is 3.97. The van der Waals surface area contributed by atoms with Crippen molar-refractivity contribution in [3.63, 3.8) is 0 Å². The molecular formula is C16H17ClO3. The first kappa shape index (κ1) is 13.5. The van der Waals surface area contributed by atoms with Crippen molar-refractivity contribution in [1.82, 2.24) is 0 Å². The molecule has 3 nitrogen and oxygen atoms in total. The van der Waals surface area contributed by atoms with E-state index in [2.05, 4.69) is 0 Å². The number of benzene rings is 1. The molecule has 0 aromatic heterocycles. The van der Waals surface area contributed by atoms with Crippen LogP contribution in [-0.2, 0) is 9.53 Å². The number of halogens is 1. The topological polar surface area (TPSA) is 35.5 Å². The summed E-state index contributed by atoms with van der Waals surface area (Å²) in [6.45, 7) is 2.19. The summed E-state index contributed by atoms with van der Waals surface area (Å²) in [5.41, 5.74) is 1.74. The Balaban J connectivity index is 1.99. The van der Waals surface area contributed by atoms with Crippen LogP contribution >= 0.6 is 11.6 Å². The van der Waals surface area contributed by atoms with Gasteiger partial charge in [0.15, 0.2) is 0 Å². The van der Waals surface area contributed by atoms with Gasteiger partial charge >= 0.3 is 5.97 Å². The zero-order valence-electron chi connectivity index (χ0n) is 11.4. The summed E-state index contributed by atoms with van der Waals surface area (Å²) in [5, 5.41) is 0.645. The van der Waals surface area contributed by atoms with Crippen molar-refractivity contribution in [3.05, 3.63) is 34.9 Å². The fraction of sp³-hybridized carbons (Fsp3) is 0.438. The molecular weight excluding hydrogens is 276 g/mol. The third kappa shape index (κ3) is 2.42. The quantitative estimate of drug-likeness (QED) is 0.611. The van der Waals surface area contributed by atoms with Crippen LogP contribution < -0.4 is 4.74 Å². The zero-order chi connectivity index (χ0) is 14.2. The van der Waals surface area contributed by atoms with Gasteiger partial charge in [0.25, 0.3) is 0 Å². The van der Waals surface area contributed by atoms with Crippen LogP contribution in [0.1, 0.15) is 38.2 Å². The van der Waals surface area contributed by atoms with Gasteiger partial charge in [0, 0.05) is 23.1 Å². The highest BCUT2D eigenvalue weighted by Gasteiger charge is 2.43. The summed E-state index contributed by atoms with van der Waals surface area (Å²) in [4.78, 5) is 11.8. The Labute approximate surface area is 123 Å². The molecule has 4 heteroatoms. The first-order chi connectivity index (χ1) is 9.62. The number of fused-ring (bicyclic) bond motifs is 1. The smallest absolute Gasteiger partial charge is 0.331 e. The normalized spacial score (nSPS) is 21.0. The standard InChI is InChI=1S/C16H17ClO3/c1-2-19-15(18)8-11-10-16(6-3-7-16)20-14-5-4-12(17)9-13(11)14/h4-5,8-9H,2-3,6-7,10H2,1H3/b11-8+. The van der Waals surface area contributed by atoms with Crippen molar-refractivity contribution >= 4 is 23.1 Å². The Bertz CT molecular complexity index is 573. The Morgan fingerprint density at radius 2 is 2.30 bits per heavy atom. The minimum absolute atomic E-state index is 0.126. The van der Waals surface area contributed by atoms with E-state index in [0.717, 1.165) is 36.1 Å². The number of carbonyl (C=O) groups excluding carboxylic acids is 1. The van der Waals surface area contributed by atoms with Gasteiger partial charge in [-0.25, -0.2) is 4.79 Å². The molecule has 0 N–H and O–H groups in total. The van der Waals surface area contributed by atoms with E-state index in [4.69, 9.17) is 21.1 Å². The zero-order valence-corrected chi connectivity index (χ0v) is 12.2. The molecule has 106 valence electrons. The van der Waals surface area contributed by atoms with Gasteiger partial charge in [0.05, 0.1) is 6.61 Å². The summed E-state index contributed by atoms with van der Waals surface area (Å²) >= 11 is 6.06. The molecule has 0 amide bonds. The number of hydrogen-bond donors (Lipinski definition) is 0. The van der Waals surface area contributed by atoms with Gasteiger partial charge in [0.1, 0.15) is 11.4 Å². The first-order valence-corrected chi connectivity index (χ1v) is 7.36. The highest BCUT2D eigenvalue weighted by Crippen LogP contribution is 2.49. The van der Waals surface area contributed by atoms with Crippen molar-refractivity contribution < 1.29 is 14.3 Å². The van der Waals surface area contributed by atoms with Crippen LogP contribution in [0.4, 0.5) is 0 Å². The van der Waals surface area contributed by atoms with Gasteiger partial charge < -0.3 is 9.47 Å². The van der Waals surface area contributed by atoms with E-state index in [9.17, 15) is 4.79 Å². The Hall–Kier alpha value is -1.48. The fourth-order valence-corrected chi connectivity index (χ4v) is 3.03. The van der Waals surface area contributed by atoms with Gasteiger partial charge in [0.2, 0.25) is 0 Å². The van der Waals surface area contributed by atoms with E-state index in [1.165, 1.54) is 6.42 Å². The summed E-state index contributed by atoms with van der Waals surface area (Å²) < 4.78 is 11.2. The summed E-state index contributed by atoms with van der Waals surface area (Å²) in [7, 11) is 0. The molecule has 1 aromatic rings. The average Bonchev–Trinajstić information content (AvgIpc) is 2.37. The van der Waals surface area contributed by atoms with Crippen LogP contribution in [-0.4, -0.2) is 18.2 Å². The van der Waals surface area contributed by atoms with Gasteiger partial charge in [-0.15, -0.1) is 0 Å². The van der Waals surface area contributed by atoms with Crippen LogP contribution in [0.15, 0.2) is 24.3 Å². The molecule has 1 aliphatic carbocycles. The molecule has 1 heterocycles. The lowest BCUT2D eigenvalue weighted by atomic mass is 9.73. The minimum Gasteiger partial charge on any atom is -0.486 e. The average molecular weight is 293 g/mol. The number of ether oxygens (including phenoxy) is 2. The maximum absolute atomic E-state index is 11.8. The Morgan fingerprint density at radius 1 is 1.50 bits per heavy atom. The molecule has 2 aliphatic rings. The van der Waals surface area contributed by atoms with Gasteiger partial charge in [-0.3, -0.25) is 0 Å². The predicted octanol–water partition coefficient (Wildman–Crippen LogP) is 3.99. The number of hydrogen-bond acceptors (Lipinski definition) is 3. The van der Waals surface area contributed by atoms with E-state index >= 15 is 0 Å². The third-order valence-corrected chi connectivity index (χ3v) is 4.21. The molecule has 0 saturated heterocycles. The maximum atomic E-state index is 11.8. The van der Waals surface area contributed by atoms with Crippen LogP contribution in [0.2, 0.25) is 5.02 Å². The van der Waals surface area contributed by atoms with E-state index in [-0.39, 0.29) is 11.6 Å². The van der Waals surface area contributed by atoms with Crippen molar-refractivity contribution in [3.8, 4) is 5.75 Å². The molecule has 1 aliphatic heterocycles. The highest BCUT2D eigenvalue weighted by atomic mass is 35.5. The molecule has 1 spiro atoms. The molecule has 0 radical (unpaired) electrons. The van der Waals surface area contributed by atoms with Crippen molar-refractivity contribution in [1.29, 1.82) is 0 Å². The summed E-state index contributed by atoms with van der Waals surface area (Å²) in [6.07, 6.45) is 5.58. The molecule has 0 unspecified atom stereocenters. The molecule has 1 aromatic carbocycles. The molecule has 0 atom stereocenters. The van der Waals surface area contributed by atoms with Crippen LogP contribution in [0, 0.1) is 0 Å². The van der Waals surface area contributed by atoms with E-state index in [1.54, 1.807) is 13.0 Å². The van der Waals surface area contributed by atoms with Gasteiger partial charge in [-0.1, -0.05) is 11.6 Å². The van der Waals surface area contributed by atoms with Crippen molar-refractivity contribution in [2.24, 2.45) is 0 Å². The lowest BCUT2D eigenvalue weighted by Crippen LogP contribution is -2.45. The minimum atomic E-state index is -0.301. The molecule has 1 saturated carbocycles. The van der Waals surface area contributed by atoms with Crippen LogP contribution in [0.25, 0.3) is 5.57 Å². The first-order valence-electron chi connectivity index (χ1n) is 6.98. The number of carbonyl (C=O) groups is 1. The predicted molar refractivity (Wildman–Crippen MR) is 77.9 cm³/mol. The number of esters is 1. The van der Waals surface area contributed by atoms with E-state index in [0.29, 0.717) is 11.6 Å². The van der Waals surface area contributed by atoms with Crippen molar-refractivity contribution in [2.45, 2.75) is 38.2 Å². The van der Waals surface area contributed by atoms with Crippen molar-refractivity contribution in [2.75, 3.05) is 6.61 Å².